The summed E-state index contributed by atoms with van der Waals surface area (Å²) in [5, 5.41) is 16.3. The van der Waals surface area contributed by atoms with Crippen LogP contribution in [0.5, 0.6) is 0 Å². The van der Waals surface area contributed by atoms with E-state index in [0.29, 0.717) is 23.5 Å². The molecule has 1 heterocycles. The lowest BCUT2D eigenvalue weighted by Crippen LogP contribution is -2.27. The van der Waals surface area contributed by atoms with E-state index in [4.69, 9.17) is 4.42 Å². The van der Waals surface area contributed by atoms with Gasteiger partial charge < -0.3 is 15.1 Å². The number of halogens is 1. The topological polar surface area (TPSA) is 97.4 Å². The Hall–Kier alpha value is -2.61. The van der Waals surface area contributed by atoms with Gasteiger partial charge in [0.15, 0.2) is 4.67 Å². The van der Waals surface area contributed by atoms with Gasteiger partial charge in [0.05, 0.1) is 4.92 Å². The third-order valence-electron chi connectivity index (χ3n) is 2.82. The van der Waals surface area contributed by atoms with Crippen LogP contribution in [0.3, 0.4) is 0 Å². The predicted molar refractivity (Wildman–Crippen MR) is 90.0 cm³/mol. The Bertz CT molecular complexity index is 710. The second-order valence-corrected chi connectivity index (χ2v) is 5.28. The fraction of sp³-hybridized carbons (Fsp3) is 0.133. The maximum atomic E-state index is 11.6. The van der Waals surface area contributed by atoms with Crippen LogP contribution in [-0.4, -0.2) is 23.9 Å². The first-order valence-electron chi connectivity index (χ1n) is 6.74. The smallest absolute Gasteiger partial charge is 0.269 e. The minimum absolute atomic E-state index is 0.0403. The van der Waals surface area contributed by atoms with Crippen molar-refractivity contribution in [1.82, 2.24) is 5.32 Å². The molecule has 0 fully saturated rings. The van der Waals surface area contributed by atoms with Crippen molar-refractivity contribution in [2.45, 2.75) is 0 Å². The van der Waals surface area contributed by atoms with Gasteiger partial charge >= 0.3 is 0 Å². The number of nitro groups is 1. The lowest BCUT2D eigenvalue weighted by atomic mass is 10.3. The van der Waals surface area contributed by atoms with Crippen molar-refractivity contribution >= 4 is 39.3 Å². The number of hydrogen-bond acceptors (Lipinski definition) is 5. The molecule has 2 rings (SSSR count). The first-order chi connectivity index (χ1) is 11.0. The Kier molecular flexibility index (Phi) is 5.93. The van der Waals surface area contributed by atoms with Gasteiger partial charge in [0.25, 0.3) is 5.69 Å². The van der Waals surface area contributed by atoms with Gasteiger partial charge in [-0.3, -0.25) is 14.9 Å². The third kappa shape index (κ3) is 5.59. The fourth-order valence-electron chi connectivity index (χ4n) is 1.73. The zero-order valence-corrected chi connectivity index (χ0v) is 13.6. The average molecular weight is 380 g/mol. The molecule has 0 aliphatic carbocycles. The molecule has 1 aromatic heterocycles. The first-order valence-corrected chi connectivity index (χ1v) is 7.53. The van der Waals surface area contributed by atoms with E-state index in [9.17, 15) is 14.9 Å². The summed E-state index contributed by atoms with van der Waals surface area (Å²) in [5.74, 6) is 0.346. The highest BCUT2D eigenvalue weighted by atomic mass is 79.9. The molecule has 0 spiro atoms. The van der Waals surface area contributed by atoms with Crippen molar-refractivity contribution in [2.75, 3.05) is 18.4 Å². The minimum atomic E-state index is -0.450. The van der Waals surface area contributed by atoms with Gasteiger partial charge in [0.1, 0.15) is 5.76 Å². The van der Waals surface area contributed by atoms with Gasteiger partial charge in [-0.1, -0.05) is 0 Å². The quantitative estimate of drug-likeness (QED) is 0.333. The largest absolute Gasteiger partial charge is 0.450 e. The number of nitrogens with one attached hydrogen (secondary N) is 2. The molecule has 0 aliphatic heterocycles. The van der Waals surface area contributed by atoms with Crippen LogP contribution in [0, 0.1) is 10.1 Å². The molecule has 0 radical (unpaired) electrons. The van der Waals surface area contributed by atoms with Crippen LogP contribution in [0.2, 0.25) is 0 Å². The maximum absolute atomic E-state index is 11.6. The summed E-state index contributed by atoms with van der Waals surface area (Å²) in [6.45, 7) is 0.922. The number of carbonyl (C=O) groups excluding carboxylic acids is 1. The molecule has 7 nitrogen and oxygen atoms in total. The molecule has 0 atom stereocenters. The monoisotopic (exact) mass is 379 g/mol. The van der Waals surface area contributed by atoms with Crippen molar-refractivity contribution in [3.05, 3.63) is 63.0 Å². The van der Waals surface area contributed by atoms with Crippen molar-refractivity contribution < 1.29 is 14.1 Å². The number of amides is 1. The molecule has 8 heteroatoms. The number of non-ortho nitro benzene ring substituents is 1. The summed E-state index contributed by atoms with van der Waals surface area (Å²) >= 11 is 3.18. The highest BCUT2D eigenvalue weighted by Crippen LogP contribution is 2.15. The zero-order valence-electron chi connectivity index (χ0n) is 12.0. The second-order valence-electron chi connectivity index (χ2n) is 4.50. The van der Waals surface area contributed by atoms with Crippen molar-refractivity contribution in [2.24, 2.45) is 0 Å². The van der Waals surface area contributed by atoms with Crippen LogP contribution in [0.4, 0.5) is 11.4 Å². The van der Waals surface area contributed by atoms with Crippen molar-refractivity contribution in [3.63, 3.8) is 0 Å². The molecule has 0 saturated carbocycles. The molecule has 0 aliphatic rings. The van der Waals surface area contributed by atoms with Crippen molar-refractivity contribution in [1.29, 1.82) is 0 Å². The highest BCUT2D eigenvalue weighted by molar-refractivity contribution is 9.10. The molecule has 2 N–H and O–H groups in total. The number of rotatable bonds is 7. The third-order valence-corrected chi connectivity index (χ3v) is 3.25. The van der Waals surface area contributed by atoms with Gasteiger partial charge in [-0.05, 0) is 46.3 Å². The Balaban J connectivity index is 1.69. The Morgan fingerprint density at radius 3 is 2.57 bits per heavy atom. The van der Waals surface area contributed by atoms with E-state index >= 15 is 0 Å². The molecule has 1 aromatic carbocycles. The van der Waals surface area contributed by atoms with E-state index in [1.807, 2.05) is 0 Å². The number of benzene rings is 1. The summed E-state index contributed by atoms with van der Waals surface area (Å²) in [7, 11) is 0. The van der Waals surface area contributed by atoms with Crippen LogP contribution in [0.1, 0.15) is 5.76 Å². The fourth-order valence-corrected chi connectivity index (χ4v) is 2.05. The van der Waals surface area contributed by atoms with E-state index in [1.165, 1.54) is 18.2 Å². The average Bonchev–Trinajstić information content (AvgIpc) is 2.95. The SMILES string of the molecule is O=C(/C=C/c1ccc(Br)o1)NCCNc1ccc([N+](=O)[O-])cc1. The number of anilines is 1. The Morgan fingerprint density at radius 1 is 1.22 bits per heavy atom. The van der Waals surface area contributed by atoms with E-state index < -0.39 is 4.92 Å². The molecular formula is C15H14BrN3O4. The number of nitro benzene ring substituents is 1. The van der Waals surface area contributed by atoms with Crippen molar-refractivity contribution in [3.8, 4) is 0 Å². The second kappa shape index (κ2) is 8.14. The molecule has 0 saturated heterocycles. The lowest BCUT2D eigenvalue weighted by molar-refractivity contribution is -0.384. The summed E-state index contributed by atoms with van der Waals surface area (Å²) in [6, 6.07) is 9.56. The summed E-state index contributed by atoms with van der Waals surface area (Å²) in [5.41, 5.74) is 0.791. The Labute approximate surface area is 140 Å². The highest BCUT2D eigenvalue weighted by Gasteiger charge is 2.03. The van der Waals surface area contributed by atoms with E-state index in [2.05, 4.69) is 26.6 Å². The molecule has 0 unspecified atom stereocenters. The first kappa shape index (κ1) is 16.8. The molecule has 0 bridgehead atoms. The molecule has 23 heavy (non-hydrogen) atoms. The van der Waals surface area contributed by atoms with Crippen LogP contribution in [-0.2, 0) is 4.79 Å². The van der Waals surface area contributed by atoms with Gasteiger partial charge in [0.2, 0.25) is 5.91 Å². The maximum Gasteiger partial charge on any atom is 0.269 e. The van der Waals surface area contributed by atoms with E-state index in [0.717, 1.165) is 5.69 Å². The van der Waals surface area contributed by atoms with Crippen LogP contribution in [0.15, 0.2) is 51.6 Å². The molecule has 2 aromatic rings. The number of furan rings is 1. The van der Waals surface area contributed by atoms with Gasteiger partial charge in [0, 0.05) is 37.0 Å². The van der Waals surface area contributed by atoms with E-state index in [-0.39, 0.29) is 11.6 Å². The number of carbonyl (C=O) groups is 1. The van der Waals surface area contributed by atoms with Crippen LogP contribution >= 0.6 is 15.9 Å². The standard InChI is InChI=1S/C15H14BrN3O4/c16-14-7-5-13(23-14)6-8-15(20)18-10-9-17-11-1-3-12(4-2-11)19(21)22/h1-8,17H,9-10H2,(H,18,20)/b8-6+. The van der Waals surface area contributed by atoms with Crippen LogP contribution < -0.4 is 10.6 Å². The number of hydrogen-bond donors (Lipinski definition) is 2. The van der Waals surface area contributed by atoms with Crippen LogP contribution in [0.25, 0.3) is 6.08 Å². The summed E-state index contributed by atoms with van der Waals surface area (Å²) in [6.07, 6.45) is 2.96. The zero-order chi connectivity index (χ0) is 16.7. The number of nitrogens with zero attached hydrogens (tertiary/aromatic N) is 1. The Morgan fingerprint density at radius 2 is 1.96 bits per heavy atom. The normalized spacial score (nSPS) is 10.7. The summed E-state index contributed by atoms with van der Waals surface area (Å²) < 4.78 is 5.84. The van der Waals surface area contributed by atoms with Gasteiger partial charge in [-0.2, -0.15) is 0 Å². The molecule has 120 valence electrons. The molecular weight excluding hydrogens is 366 g/mol. The minimum Gasteiger partial charge on any atom is -0.450 e. The lowest BCUT2D eigenvalue weighted by Gasteiger charge is -2.06. The summed E-state index contributed by atoms with van der Waals surface area (Å²) in [4.78, 5) is 21.7. The van der Waals surface area contributed by atoms with Gasteiger partial charge in [-0.25, -0.2) is 0 Å². The van der Waals surface area contributed by atoms with E-state index in [1.54, 1.807) is 30.3 Å². The van der Waals surface area contributed by atoms with Gasteiger partial charge in [-0.15, -0.1) is 0 Å². The molecule has 1 amide bonds. The predicted octanol–water partition coefficient (Wildman–Crippen LogP) is 3.19.